The first-order valence-corrected chi connectivity index (χ1v) is 6.41. The van der Waals surface area contributed by atoms with Crippen LogP contribution in [-0.4, -0.2) is 16.1 Å². The first-order valence-electron chi connectivity index (χ1n) is 6.41. The molecule has 1 aromatic carbocycles. The first kappa shape index (κ1) is 12.0. The number of nitrogens with one attached hydrogen (secondary N) is 1. The van der Waals surface area contributed by atoms with Crippen molar-refractivity contribution in [1.82, 2.24) is 4.98 Å². The van der Waals surface area contributed by atoms with Crippen LogP contribution < -0.4 is 0 Å². The Bertz CT molecular complexity index is 685. The molecular weight excluding hydrogens is 245 g/mol. The molecule has 0 fully saturated rings. The summed E-state index contributed by atoms with van der Waals surface area (Å²) in [4.78, 5) is 14.2. The van der Waals surface area contributed by atoms with Gasteiger partial charge in [0.15, 0.2) is 0 Å². The molecule has 19 heavy (non-hydrogen) atoms. The number of aromatic amines is 1. The maximum absolute atomic E-state index is 13.4. The fourth-order valence-electron chi connectivity index (χ4n) is 2.72. The Kier molecular flexibility index (Phi) is 2.85. The van der Waals surface area contributed by atoms with Crippen LogP contribution in [0, 0.1) is 5.82 Å². The van der Waals surface area contributed by atoms with Crippen molar-refractivity contribution in [2.75, 3.05) is 0 Å². The number of carbonyl (C=O) groups is 1. The Morgan fingerprint density at radius 3 is 2.84 bits per heavy atom. The van der Waals surface area contributed by atoms with Crippen molar-refractivity contribution >= 4 is 22.4 Å². The highest BCUT2D eigenvalue weighted by atomic mass is 19.1. The lowest BCUT2D eigenvalue weighted by Gasteiger charge is -2.13. The van der Waals surface area contributed by atoms with Gasteiger partial charge in [0, 0.05) is 16.5 Å². The van der Waals surface area contributed by atoms with E-state index in [1.54, 1.807) is 6.07 Å². The summed E-state index contributed by atoms with van der Waals surface area (Å²) in [5.41, 5.74) is 2.50. The molecule has 4 heteroatoms. The number of carboxylic acids is 1. The third-order valence-corrected chi connectivity index (χ3v) is 3.59. The Morgan fingerprint density at radius 2 is 2.16 bits per heavy atom. The van der Waals surface area contributed by atoms with Crippen LogP contribution in [0.2, 0.25) is 0 Å². The lowest BCUT2D eigenvalue weighted by molar-refractivity contribution is 0.0691. The van der Waals surface area contributed by atoms with Gasteiger partial charge >= 0.3 is 5.97 Å². The Balaban J connectivity index is 2.29. The van der Waals surface area contributed by atoms with Crippen molar-refractivity contribution in [2.45, 2.75) is 25.7 Å². The SMILES string of the molecule is O=C(O)c1[nH]c2ccc(F)cc2c1C1=CCCCC1. The summed E-state index contributed by atoms with van der Waals surface area (Å²) in [7, 11) is 0. The average Bonchev–Trinajstić information content (AvgIpc) is 2.78. The number of rotatable bonds is 2. The van der Waals surface area contributed by atoms with Gasteiger partial charge in [-0.1, -0.05) is 6.08 Å². The maximum Gasteiger partial charge on any atom is 0.352 e. The number of carboxylic acid groups (broad SMARTS) is 1. The molecule has 0 atom stereocenters. The summed E-state index contributed by atoms with van der Waals surface area (Å²) < 4.78 is 13.4. The molecule has 2 N–H and O–H groups in total. The van der Waals surface area contributed by atoms with Crippen LogP contribution in [0.25, 0.3) is 16.5 Å². The summed E-state index contributed by atoms with van der Waals surface area (Å²) in [5, 5.41) is 9.97. The van der Waals surface area contributed by atoms with Gasteiger partial charge in [0.25, 0.3) is 0 Å². The van der Waals surface area contributed by atoms with Crippen molar-refractivity contribution in [3.8, 4) is 0 Å². The molecule has 0 unspecified atom stereocenters. The molecule has 1 heterocycles. The molecular formula is C15H14FNO2. The molecule has 2 aromatic rings. The summed E-state index contributed by atoms with van der Waals surface area (Å²) in [6.45, 7) is 0. The maximum atomic E-state index is 13.4. The topological polar surface area (TPSA) is 53.1 Å². The smallest absolute Gasteiger partial charge is 0.352 e. The second-order valence-corrected chi connectivity index (χ2v) is 4.85. The van der Waals surface area contributed by atoms with Crippen LogP contribution >= 0.6 is 0 Å². The molecule has 0 saturated heterocycles. The van der Waals surface area contributed by atoms with Gasteiger partial charge in [-0.2, -0.15) is 0 Å². The largest absolute Gasteiger partial charge is 0.477 e. The highest BCUT2D eigenvalue weighted by Gasteiger charge is 2.21. The van der Waals surface area contributed by atoms with Gasteiger partial charge < -0.3 is 10.1 Å². The van der Waals surface area contributed by atoms with E-state index in [2.05, 4.69) is 11.1 Å². The van der Waals surface area contributed by atoms with E-state index in [4.69, 9.17) is 0 Å². The fraction of sp³-hybridized carbons (Fsp3) is 0.267. The predicted octanol–water partition coefficient (Wildman–Crippen LogP) is 3.96. The normalized spacial score (nSPS) is 15.5. The van der Waals surface area contributed by atoms with Crippen molar-refractivity contribution < 1.29 is 14.3 Å². The van der Waals surface area contributed by atoms with Crippen LogP contribution in [0.5, 0.6) is 0 Å². The van der Waals surface area contributed by atoms with Gasteiger partial charge in [-0.15, -0.1) is 0 Å². The van der Waals surface area contributed by atoms with Gasteiger partial charge in [-0.05, 0) is 49.5 Å². The second kappa shape index (κ2) is 4.53. The summed E-state index contributed by atoms with van der Waals surface area (Å²) >= 11 is 0. The van der Waals surface area contributed by atoms with Crippen LogP contribution in [0.3, 0.4) is 0 Å². The zero-order chi connectivity index (χ0) is 13.4. The van der Waals surface area contributed by atoms with E-state index in [0.717, 1.165) is 31.3 Å². The van der Waals surface area contributed by atoms with E-state index in [1.807, 2.05) is 0 Å². The van der Waals surface area contributed by atoms with Crippen molar-refractivity contribution in [2.24, 2.45) is 0 Å². The van der Waals surface area contributed by atoms with E-state index in [9.17, 15) is 14.3 Å². The average molecular weight is 259 g/mol. The monoisotopic (exact) mass is 259 g/mol. The molecule has 0 aliphatic heterocycles. The molecule has 3 nitrogen and oxygen atoms in total. The molecule has 0 spiro atoms. The van der Waals surface area contributed by atoms with E-state index in [0.29, 0.717) is 16.5 Å². The van der Waals surface area contributed by atoms with E-state index in [-0.39, 0.29) is 11.5 Å². The summed E-state index contributed by atoms with van der Waals surface area (Å²) in [6.07, 6.45) is 6.05. The molecule has 3 rings (SSSR count). The predicted molar refractivity (Wildman–Crippen MR) is 71.7 cm³/mol. The van der Waals surface area contributed by atoms with Crippen LogP contribution in [0.4, 0.5) is 4.39 Å². The van der Waals surface area contributed by atoms with Gasteiger partial charge in [-0.25, -0.2) is 9.18 Å². The van der Waals surface area contributed by atoms with Crippen molar-refractivity contribution in [3.05, 3.63) is 41.3 Å². The molecule has 1 aliphatic carbocycles. The molecule has 98 valence electrons. The molecule has 0 saturated carbocycles. The number of aromatic nitrogens is 1. The van der Waals surface area contributed by atoms with Crippen molar-refractivity contribution in [3.63, 3.8) is 0 Å². The van der Waals surface area contributed by atoms with Gasteiger partial charge in [0.1, 0.15) is 11.5 Å². The fourth-order valence-corrected chi connectivity index (χ4v) is 2.72. The van der Waals surface area contributed by atoms with Crippen LogP contribution in [-0.2, 0) is 0 Å². The van der Waals surface area contributed by atoms with E-state index < -0.39 is 5.97 Å². The zero-order valence-corrected chi connectivity index (χ0v) is 10.4. The number of halogens is 1. The standard InChI is InChI=1S/C15H14FNO2/c16-10-6-7-12-11(8-10)13(14(17-12)15(18)19)9-4-2-1-3-5-9/h4,6-8,17H,1-3,5H2,(H,18,19). The van der Waals surface area contributed by atoms with Gasteiger partial charge in [-0.3, -0.25) is 0 Å². The number of fused-ring (bicyclic) bond motifs is 1. The molecule has 0 radical (unpaired) electrons. The van der Waals surface area contributed by atoms with E-state index in [1.165, 1.54) is 12.1 Å². The van der Waals surface area contributed by atoms with Crippen molar-refractivity contribution in [1.29, 1.82) is 0 Å². The van der Waals surface area contributed by atoms with Crippen LogP contribution in [0.15, 0.2) is 24.3 Å². The highest BCUT2D eigenvalue weighted by molar-refractivity contribution is 6.04. The number of H-pyrrole nitrogens is 1. The molecule has 1 aromatic heterocycles. The minimum atomic E-state index is -1.00. The minimum absolute atomic E-state index is 0.161. The van der Waals surface area contributed by atoms with Gasteiger partial charge in [0.2, 0.25) is 0 Å². The quantitative estimate of drug-likeness (QED) is 0.857. The third-order valence-electron chi connectivity index (χ3n) is 3.59. The minimum Gasteiger partial charge on any atom is -0.477 e. The second-order valence-electron chi connectivity index (χ2n) is 4.85. The Morgan fingerprint density at radius 1 is 1.32 bits per heavy atom. The highest BCUT2D eigenvalue weighted by Crippen LogP contribution is 2.35. The molecule has 0 amide bonds. The summed E-state index contributed by atoms with van der Waals surface area (Å²) in [5.74, 6) is -1.35. The lowest BCUT2D eigenvalue weighted by Crippen LogP contribution is -2.02. The first-order chi connectivity index (χ1) is 9.16. The Hall–Kier alpha value is -2.10. The number of allylic oxidation sites excluding steroid dienone is 2. The van der Waals surface area contributed by atoms with E-state index >= 15 is 0 Å². The third kappa shape index (κ3) is 2.03. The number of hydrogen-bond donors (Lipinski definition) is 2. The summed E-state index contributed by atoms with van der Waals surface area (Å²) in [6, 6.07) is 4.33. The van der Waals surface area contributed by atoms with Gasteiger partial charge in [0.05, 0.1) is 0 Å². The lowest BCUT2D eigenvalue weighted by atomic mass is 9.92. The van der Waals surface area contributed by atoms with Crippen LogP contribution in [0.1, 0.15) is 41.7 Å². The molecule has 0 bridgehead atoms. The Labute approximate surface area is 109 Å². The number of benzene rings is 1. The zero-order valence-electron chi connectivity index (χ0n) is 10.4. The number of hydrogen-bond acceptors (Lipinski definition) is 1. The number of aromatic carboxylic acids is 1. The molecule has 1 aliphatic rings.